The first-order valence-corrected chi connectivity index (χ1v) is 6.56. The van der Waals surface area contributed by atoms with Gasteiger partial charge in [-0.1, -0.05) is 53.5 Å². The fourth-order valence-electron chi connectivity index (χ4n) is 1.95. The minimum absolute atomic E-state index is 0.0437. The van der Waals surface area contributed by atoms with Crippen LogP contribution < -0.4 is 0 Å². The van der Waals surface area contributed by atoms with E-state index in [1.807, 2.05) is 48.5 Å². The molecular weight excluding hydrogens is 267 g/mol. The molecule has 1 atom stereocenters. The topological polar surface area (TPSA) is 20.2 Å². The van der Waals surface area contributed by atoms with Crippen molar-refractivity contribution >= 4 is 23.2 Å². The van der Waals surface area contributed by atoms with Crippen molar-refractivity contribution in [3.8, 4) is 0 Å². The Morgan fingerprint density at radius 3 is 2.22 bits per heavy atom. The second-order valence-corrected chi connectivity index (χ2v) is 5.07. The Morgan fingerprint density at radius 2 is 1.61 bits per heavy atom. The molecule has 18 heavy (non-hydrogen) atoms. The number of hydrogen-bond acceptors (Lipinski definition) is 1. The average Bonchev–Trinajstić information content (AvgIpc) is 2.39. The molecule has 0 spiro atoms. The first kappa shape index (κ1) is 13.4. The Balaban J connectivity index is 2.20. The van der Waals surface area contributed by atoms with E-state index in [0.29, 0.717) is 5.02 Å². The summed E-state index contributed by atoms with van der Waals surface area (Å²) in [6, 6.07) is 15.3. The summed E-state index contributed by atoms with van der Waals surface area (Å²) in [6.45, 7) is 0.0901. The molecule has 0 radical (unpaired) electrons. The maximum Gasteiger partial charge on any atom is 0.0502 e. The first-order valence-electron chi connectivity index (χ1n) is 5.80. The van der Waals surface area contributed by atoms with Crippen LogP contribution in [0.15, 0.2) is 48.5 Å². The smallest absolute Gasteiger partial charge is 0.0502 e. The van der Waals surface area contributed by atoms with E-state index in [4.69, 9.17) is 23.2 Å². The fourth-order valence-corrected chi connectivity index (χ4v) is 2.29. The number of aliphatic hydroxyl groups is 1. The Labute approximate surface area is 117 Å². The summed E-state index contributed by atoms with van der Waals surface area (Å²) in [4.78, 5) is 0. The van der Waals surface area contributed by atoms with Crippen LogP contribution >= 0.6 is 23.2 Å². The van der Waals surface area contributed by atoms with E-state index in [9.17, 15) is 5.11 Å². The van der Waals surface area contributed by atoms with Gasteiger partial charge in [0.1, 0.15) is 0 Å². The van der Waals surface area contributed by atoms with Gasteiger partial charge in [-0.3, -0.25) is 0 Å². The van der Waals surface area contributed by atoms with Gasteiger partial charge in [0.2, 0.25) is 0 Å². The van der Waals surface area contributed by atoms with Gasteiger partial charge in [0.05, 0.1) is 6.61 Å². The summed E-state index contributed by atoms with van der Waals surface area (Å²) in [5.41, 5.74) is 2.12. The van der Waals surface area contributed by atoms with Gasteiger partial charge in [-0.2, -0.15) is 0 Å². The predicted octanol–water partition coefficient (Wildman–Crippen LogP) is 4.31. The van der Waals surface area contributed by atoms with Crippen LogP contribution in [0, 0.1) is 0 Å². The summed E-state index contributed by atoms with van der Waals surface area (Å²) in [7, 11) is 0. The van der Waals surface area contributed by atoms with Crippen molar-refractivity contribution < 1.29 is 5.11 Å². The third-order valence-electron chi connectivity index (χ3n) is 2.99. The molecule has 0 heterocycles. The molecule has 0 unspecified atom stereocenters. The fraction of sp³-hybridized carbons (Fsp3) is 0.200. The van der Waals surface area contributed by atoms with Crippen molar-refractivity contribution in [2.75, 3.05) is 6.61 Å². The summed E-state index contributed by atoms with van der Waals surface area (Å²) in [5, 5.41) is 11.0. The second-order valence-electron chi connectivity index (χ2n) is 4.23. The van der Waals surface area contributed by atoms with E-state index in [2.05, 4.69) is 0 Å². The molecule has 1 N–H and O–H groups in total. The van der Waals surface area contributed by atoms with Crippen molar-refractivity contribution in [1.29, 1.82) is 0 Å². The van der Waals surface area contributed by atoms with Crippen molar-refractivity contribution in [3.05, 3.63) is 69.7 Å². The zero-order valence-electron chi connectivity index (χ0n) is 9.81. The lowest BCUT2D eigenvalue weighted by atomic mass is 9.93. The van der Waals surface area contributed by atoms with Crippen LogP contribution in [0.2, 0.25) is 10.0 Å². The van der Waals surface area contributed by atoms with Gasteiger partial charge in [-0.15, -0.1) is 0 Å². The average molecular weight is 281 g/mol. The number of halogens is 2. The van der Waals surface area contributed by atoms with E-state index < -0.39 is 0 Å². The van der Waals surface area contributed by atoms with Gasteiger partial charge in [0.25, 0.3) is 0 Å². The van der Waals surface area contributed by atoms with Gasteiger partial charge in [0.15, 0.2) is 0 Å². The van der Waals surface area contributed by atoms with Gasteiger partial charge < -0.3 is 5.11 Å². The van der Waals surface area contributed by atoms with Crippen molar-refractivity contribution in [2.45, 2.75) is 12.3 Å². The third kappa shape index (κ3) is 3.26. The van der Waals surface area contributed by atoms with Crippen molar-refractivity contribution in [1.82, 2.24) is 0 Å². The zero-order chi connectivity index (χ0) is 13.0. The van der Waals surface area contributed by atoms with E-state index in [1.165, 1.54) is 0 Å². The molecule has 0 fully saturated rings. The molecule has 0 aliphatic heterocycles. The number of hydrogen-bond donors (Lipinski definition) is 1. The lowest BCUT2D eigenvalue weighted by Gasteiger charge is -2.15. The highest BCUT2D eigenvalue weighted by molar-refractivity contribution is 6.31. The molecule has 0 aliphatic carbocycles. The maximum atomic E-state index is 9.52. The molecule has 0 aromatic heterocycles. The Bertz CT molecular complexity index is 508. The largest absolute Gasteiger partial charge is 0.396 e. The van der Waals surface area contributed by atoms with Crippen LogP contribution in [0.25, 0.3) is 0 Å². The minimum Gasteiger partial charge on any atom is -0.396 e. The number of aliphatic hydroxyl groups excluding tert-OH is 1. The summed E-state index contributed by atoms with van der Waals surface area (Å²) < 4.78 is 0. The van der Waals surface area contributed by atoms with E-state index in [-0.39, 0.29) is 12.5 Å². The first-order chi connectivity index (χ1) is 8.70. The molecule has 0 saturated heterocycles. The van der Waals surface area contributed by atoms with Crippen LogP contribution in [-0.4, -0.2) is 11.7 Å². The standard InChI is InChI=1S/C15H14Cl2O/c16-14-7-5-11(6-8-14)13(10-18)9-12-3-1-2-4-15(12)17/h1-8,13,18H,9-10H2/t13-/m1/s1. The normalized spacial score (nSPS) is 12.4. The lowest BCUT2D eigenvalue weighted by Crippen LogP contribution is -2.08. The summed E-state index contributed by atoms with van der Waals surface area (Å²) in [6.07, 6.45) is 0.720. The van der Waals surface area contributed by atoms with E-state index in [1.54, 1.807) is 0 Å². The second kappa shape index (κ2) is 6.24. The lowest BCUT2D eigenvalue weighted by molar-refractivity contribution is 0.264. The molecule has 3 heteroatoms. The van der Waals surface area contributed by atoms with Crippen LogP contribution in [0.4, 0.5) is 0 Å². The molecule has 0 amide bonds. The van der Waals surface area contributed by atoms with Crippen molar-refractivity contribution in [2.24, 2.45) is 0 Å². The number of benzene rings is 2. The number of rotatable bonds is 4. The third-order valence-corrected chi connectivity index (χ3v) is 3.61. The monoisotopic (exact) mass is 280 g/mol. The SMILES string of the molecule is OC[C@@H](Cc1ccccc1Cl)c1ccc(Cl)cc1. The Kier molecular flexibility index (Phi) is 4.65. The van der Waals surface area contributed by atoms with Crippen molar-refractivity contribution in [3.63, 3.8) is 0 Å². The predicted molar refractivity (Wildman–Crippen MR) is 76.4 cm³/mol. The maximum absolute atomic E-state index is 9.52. The molecule has 0 bridgehead atoms. The Morgan fingerprint density at radius 1 is 0.944 bits per heavy atom. The highest BCUT2D eigenvalue weighted by Gasteiger charge is 2.12. The summed E-state index contributed by atoms with van der Waals surface area (Å²) in [5.74, 6) is 0.0437. The molecule has 1 nitrogen and oxygen atoms in total. The zero-order valence-corrected chi connectivity index (χ0v) is 11.3. The van der Waals surface area contributed by atoms with Gasteiger partial charge in [-0.05, 0) is 35.7 Å². The molecule has 0 aliphatic rings. The molecule has 2 aromatic carbocycles. The molecule has 94 valence electrons. The molecule has 2 rings (SSSR count). The van der Waals surface area contributed by atoms with Crippen LogP contribution in [0.1, 0.15) is 17.0 Å². The van der Waals surface area contributed by atoms with E-state index >= 15 is 0 Å². The Hall–Kier alpha value is -1.02. The molecular formula is C15H14Cl2O. The van der Waals surface area contributed by atoms with Crippen LogP contribution in [0.5, 0.6) is 0 Å². The highest BCUT2D eigenvalue weighted by atomic mass is 35.5. The quantitative estimate of drug-likeness (QED) is 0.885. The highest BCUT2D eigenvalue weighted by Crippen LogP contribution is 2.25. The van der Waals surface area contributed by atoms with Crippen LogP contribution in [-0.2, 0) is 6.42 Å². The van der Waals surface area contributed by atoms with Gasteiger partial charge >= 0.3 is 0 Å². The van der Waals surface area contributed by atoms with E-state index in [0.717, 1.165) is 22.6 Å². The summed E-state index contributed by atoms with van der Waals surface area (Å²) >= 11 is 12.0. The van der Waals surface area contributed by atoms with Gasteiger partial charge in [0, 0.05) is 16.0 Å². The van der Waals surface area contributed by atoms with Gasteiger partial charge in [-0.25, -0.2) is 0 Å². The molecule has 2 aromatic rings. The van der Waals surface area contributed by atoms with Crippen LogP contribution in [0.3, 0.4) is 0 Å². The minimum atomic E-state index is 0.0437. The molecule has 0 saturated carbocycles.